The average molecular weight is 188 g/mol. The molecule has 0 unspecified atom stereocenters. The van der Waals surface area contributed by atoms with E-state index in [0.717, 1.165) is 0 Å². The summed E-state index contributed by atoms with van der Waals surface area (Å²) >= 11 is 11.0. The number of nitrogens with zero attached hydrogens (tertiary/aromatic N) is 3. The molecule has 1 rings (SSSR count). The van der Waals surface area contributed by atoms with Gasteiger partial charge in [0.1, 0.15) is 11.6 Å². The van der Waals surface area contributed by atoms with Crippen molar-refractivity contribution in [2.75, 3.05) is 0 Å². The fraction of sp³-hybridized carbons (Fsp3) is 0.167. The van der Waals surface area contributed by atoms with Gasteiger partial charge in [0.05, 0.1) is 5.69 Å². The SMILES string of the molecule is Cc1nc(Cl)nc(Cl)c1C#N. The second-order valence-corrected chi connectivity index (χ2v) is 2.55. The van der Waals surface area contributed by atoms with Gasteiger partial charge in [-0.15, -0.1) is 0 Å². The van der Waals surface area contributed by atoms with E-state index in [4.69, 9.17) is 28.5 Å². The Morgan fingerprint density at radius 1 is 1.36 bits per heavy atom. The lowest BCUT2D eigenvalue weighted by molar-refractivity contribution is 1.09. The van der Waals surface area contributed by atoms with Gasteiger partial charge in [0.15, 0.2) is 5.15 Å². The molecule has 5 heteroatoms. The Morgan fingerprint density at radius 2 is 2.00 bits per heavy atom. The zero-order chi connectivity index (χ0) is 8.43. The van der Waals surface area contributed by atoms with E-state index < -0.39 is 0 Å². The molecule has 56 valence electrons. The second-order valence-electron chi connectivity index (χ2n) is 1.86. The molecule has 0 saturated heterocycles. The molecule has 0 aliphatic rings. The van der Waals surface area contributed by atoms with Crippen molar-refractivity contribution < 1.29 is 0 Å². The van der Waals surface area contributed by atoms with Crippen LogP contribution in [0.25, 0.3) is 0 Å². The molecular weight excluding hydrogens is 185 g/mol. The molecule has 3 nitrogen and oxygen atoms in total. The van der Waals surface area contributed by atoms with Crippen LogP contribution < -0.4 is 0 Å². The van der Waals surface area contributed by atoms with Crippen LogP contribution in [-0.2, 0) is 0 Å². The van der Waals surface area contributed by atoms with E-state index >= 15 is 0 Å². The second kappa shape index (κ2) is 3.04. The van der Waals surface area contributed by atoms with Gasteiger partial charge in [0.25, 0.3) is 0 Å². The molecule has 0 fully saturated rings. The van der Waals surface area contributed by atoms with Crippen molar-refractivity contribution in [1.82, 2.24) is 9.97 Å². The first-order valence-electron chi connectivity index (χ1n) is 2.75. The first-order valence-corrected chi connectivity index (χ1v) is 3.50. The van der Waals surface area contributed by atoms with Crippen molar-refractivity contribution in [3.8, 4) is 6.07 Å². The highest BCUT2D eigenvalue weighted by molar-refractivity contribution is 6.32. The predicted octanol–water partition coefficient (Wildman–Crippen LogP) is 1.96. The van der Waals surface area contributed by atoms with E-state index in [0.29, 0.717) is 5.69 Å². The van der Waals surface area contributed by atoms with Gasteiger partial charge in [0.2, 0.25) is 5.28 Å². The monoisotopic (exact) mass is 187 g/mol. The number of nitriles is 1. The van der Waals surface area contributed by atoms with Gasteiger partial charge < -0.3 is 0 Å². The zero-order valence-electron chi connectivity index (χ0n) is 5.60. The molecule has 0 aliphatic heterocycles. The van der Waals surface area contributed by atoms with Gasteiger partial charge >= 0.3 is 0 Å². The fourth-order valence-electron chi connectivity index (χ4n) is 0.632. The highest BCUT2D eigenvalue weighted by Crippen LogP contribution is 2.16. The fourth-order valence-corrected chi connectivity index (χ4v) is 1.15. The molecule has 0 aliphatic carbocycles. The Hall–Kier alpha value is -0.850. The predicted molar refractivity (Wildman–Crippen MR) is 41.5 cm³/mol. The maximum Gasteiger partial charge on any atom is 0.224 e. The molecule has 0 amide bonds. The smallest absolute Gasteiger partial charge is 0.222 e. The highest BCUT2D eigenvalue weighted by atomic mass is 35.5. The Balaban J connectivity index is 3.40. The van der Waals surface area contributed by atoms with E-state index in [1.165, 1.54) is 0 Å². The van der Waals surface area contributed by atoms with Gasteiger partial charge in [-0.1, -0.05) is 11.6 Å². The Morgan fingerprint density at radius 3 is 2.45 bits per heavy atom. The van der Waals surface area contributed by atoms with Crippen molar-refractivity contribution in [3.63, 3.8) is 0 Å². The normalized spacial score (nSPS) is 9.27. The largest absolute Gasteiger partial charge is 0.224 e. The van der Waals surface area contributed by atoms with Gasteiger partial charge in [-0.3, -0.25) is 0 Å². The molecule has 0 saturated carbocycles. The number of aromatic nitrogens is 2. The maximum absolute atomic E-state index is 8.53. The van der Waals surface area contributed by atoms with Gasteiger partial charge in [-0.2, -0.15) is 5.26 Å². The molecular formula is C6H3Cl2N3. The van der Waals surface area contributed by atoms with Crippen LogP contribution in [0.1, 0.15) is 11.3 Å². The molecule has 11 heavy (non-hydrogen) atoms. The lowest BCUT2D eigenvalue weighted by atomic mass is 10.3. The first-order chi connectivity index (χ1) is 5.15. The molecule has 0 N–H and O–H groups in total. The van der Waals surface area contributed by atoms with Crippen LogP contribution in [0.4, 0.5) is 0 Å². The summed E-state index contributed by atoms with van der Waals surface area (Å²) in [6.45, 7) is 1.65. The number of rotatable bonds is 0. The van der Waals surface area contributed by atoms with Crippen LogP contribution in [0.15, 0.2) is 0 Å². The zero-order valence-corrected chi connectivity index (χ0v) is 7.11. The van der Waals surface area contributed by atoms with E-state index in [1.807, 2.05) is 6.07 Å². The molecule has 1 aromatic rings. The summed E-state index contributed by atoms with van der Waals surface area (Å²) in [6.07, 6.45) is 0. The molecule has 0 aromatic carbocycles. The van der Waals surface area contributed by atoms with Crippen molar-refractivity contribution in [1.29, 1.82) is 5.26 Å². The number of aryl methyl sites for hydroxylation is 1. The van der Waals surface area contributed by atoms with Crippen molar-refractivity contribution >= 4 is 23.2 Å². The molecule has 1 aromatic heterocycles. The summed E-state index contributed by atoms with van der Waals surface area (Å²) in [5.74, 6) is 0. The summed E-state index contributed by atoms with van der Waals surface area (Å²) in [7, 11) is 0. The highest BCUT2D eigenvalue weighted by Gasteiger charge is 2.06. The minimum Gasteiger partial charge on any atom is -0.222 e. The summed E-state index contributed by atoms with van der Waals surface area (Å²) < 4.78 is 0. The summed E-state index contributed by atoms with van der Waals surface area (Å²) in [5.41, 5.74) is 0.772. The number of halogens is 2. The molecule has 0 spiro atoms. The maximum atomic E-state index is 8.53. The van der Waals surface area contributed by atoms with Crippen LogP contribution in [0.5, 0.6) is 0 Å². The number of hydrogen-bond donors (Lipinski definition) is 0. The molecule has 0 atom stereocenters. The Bertz CT molecular complexity index is 306. The first kappa shape index (κ1) is 8.25. The third-order valence-electron chi connectivity index (χ3n) is 1.13. The van der Waals surface area contributed by atoms with Crippen molar-refractivity contribution in [2.24, 2.45) is 0 Å². The van der Waals surface area contributed by atoms with Gasteiger partial charge in [0, 0.05) is 0 Å². The van der Waals surface area contributed by atoms with E-state index in [1.54, 1.807) is 6.92 Å². The van der Waals surface area contributed by atoms with Crippen molar-refractivity contribution in [3.05, 3.63) is 21.7 Å². The van der Waals surface area contributed by atoms with Crippen LogP contribution in [-0.4, -0.2) is 9.97 Å². The van der Waals surface area contributed by atoms with E-state index in [2.05, 4.69) is 9.97 Å². The standard InChI is InChI=1S/C6H3Cl2N3/c1-3-4(2-9)5(7)11-6(8)10-3/h1H3. The lowest BCUT2D eigenvalue weighted by Crippen LogP contribution is -1.93. The van der Waals surface area contributed by atoms with Gasteiger partial charge in [-0.25, -0.2) is 9.97 Å². The minimum atomic E-state index is 0.0616. The van der Waals surface area contributed by atoms with Crippen LogP contribution in [0.2, 0.25) is 10.4 Å². The Labute approximate surface area is 73.6 Å². The summed E-state index contributed by atoms with van der Waals surface area (Å²) in [6, 6.07) is 1.88. The molecule has 0 radical (unpaired) electrons. The van der Waals surface area contributed by atoms with E-state index in [-0.39, 0.29) is 16.0 Å². The lowest BCUT2D eigenvalue weighted by Gasteiger charge is -1.97. The van der Waals surface area contributed by atoms with Crippen LogP contribution in [0, 0.1) is 18.3 Å². The van der Waals surface area contributed by atoms with E-state index in [9.17, 15) is 0 Å². The summed E-state index contributed by atoms with van der Waals surface area (Å²) in [4.78, 5) is 7.36. The summed E-state index contributed by atoms with van der Waals surface area (Å²) in [5, 5.41) is 8.70. The average Bonchev–Trinajstić information content (AvgIpc) is 1.85. The third-order valence-corrected chi connectivity index (χ3v) is 1.57. The third kappa shape index (κ3) is 1.59. The van der Waals surface area contributed by atoms with Crippen LogP contribution >= 0.6 is 23.2 Å². The number of hydrogen-bond acceptors (Lipinski definition) is 3. The van der Waals surface area contributed by atoms with Gasteiger partial charge in [-0.05, 0) is 18.5 Å². The Kier molecular flexibility index (Phi) is 2.28. The van der Waals surface area contributed by atoms with Crippen molar-refractivity contribution in [2.45, 2.75) is 6.92 Å². The molecule has 0 bridgehead atoms. The quantitative estimate of drug-likeness (QED) is 0.461. The molecule has 1 heterocycles. The topological polar surface area (TPSA) is 49.6 Å². The minimum absolute atomic E-state index is 0.0616. The van der Waals surface area contributed by atoms with Crippen LogP contribution in [0.3, 0.4) is 0 Å².